The van der Waals surface area contributed by atoms with E-state index in [2.05, 4.69) is 10.1 Å². The van der Waals surface area contributed by atoms with Crippen molar-refractivity contribution in [2.75, 3.05) is 20.2 Å². The van der Waals surface area contributed by atoms with Crippen LogP contribution in [0.1, 0.15) is 20.3 Å². The Morgan fingerprint density at radius 2 is 2.00 bits per heavy atom. The summed E-state index contributed by atoms with van der Waals surface area (Å²) in [6, 6.07) is -1.14. The second kappa shape index (κ2) is 6.40. The lowest BCUT2D eigenvalue weighted by atomic mass is 10.1. The van der Waals surface area contributed by atoms with Crippen molar-refractivity contribution < 1.29 is 24.2 Å². The van der Waals surface area contributed by atoms with Crippen LogP contribution in [-0.2, 0) is 14.3 Å². The fourth-order valence-electron chi connectivity index (χ4n) is 2.00. The Balaban J connectivity index is 2.59. The summed E-state index contributed by atoms with van der Waals surface area (Å²) in [4.78, 5) is 35.7. The molecular weight excluding hydrogens is 252 g/mol. The Labute approximate surface area is 111 Å². The number of urea groups is 1. The number of rotatable bonds is 4. The van der Waals surface area contributed by atoms with Gasteiger partial charge in [0.1, 0.15) is 6.04 Å². The summed E-state index contributed by atoms with van der Waals surface area (Å²) < 4.78 is 4.63. The molecule has 0 aromatic rings. The second-order valence-corrected chi connectivity index (χ2v) is 4.96. The molecule has 1 saturated heterocycles. The van der Waals surface area contributed by atoms with Gasteiger partial charge in [-0.3, -0.25) is 4.79 Å². The van der Waals surface area contributed by atoms with Crippen molar-refractivity contribution in [3.05, 3.63) is 0 Å². The molecule has 0 aromatic carbocycles. The van der Waals surface area contributed by atoms with E-state index in [4.69, 9.17) is 5.11 Å². The first-order chi connectivity index (χ1) is 8.86. The fourth-order valence-corrected chi connectivity index (χ4v) is 2.00. The van der Waals surface area contributed by atoms with Crippen LogP contribution in [0.15, 0.2) is 0 Å². The van der Waals surface area contributed by atoms with Gasteiger partial charge in [0.2, 0.25) is 0 Å². The molecule has 0 aromatic heterocycles. The van der Waals surface area contributed by atoms with Crippen LogP contribution in [0.4, 0.5) is 4.79 Å². The largest absolute Gasteiger partial charge is 0.481 e. The molecule has 1 aliphatic heterocycles. The quantitative estimate of drug-likeness (QED) is 0.718. The fraction of sp³-hybridized carbons (Fsp3) is 0.750. The van der Waals surface area contributed by atoms with Crippen molar-refractivity contribution in [2.45, 2.75) is 26.3 Å². The van der Waals surface area contributed by atoms with Crippen LogP contribution in [-0.4, -0.2) is 54.2 Å². The van der Waals surface area contributed by atoms with Crippen LogP contribution in [0.5, 0.6) is 0 Å². The van der Waals surface area contributed by atoms with Crippen molar-refractivity contribution in [1.29, 1.82) is 0 Å². The van der Waals surface area contributed by atoms with Crippen molar-refractivity contribution >= 4 is 18.0 Å². The Hall–Kier alpha value is -1.79. The lowest BCUT2D eigenvalue weighted by Gasteiger charge is -2.23. The van der Waals surface area contributed by atoms with Gasteiger partial charge in [-0.25, -0.2) is 9.59 Å². The Morgan fingerprint density at radius 1 is 1.37 bits per heavy atom. The molecule has 0 bridgehead atoms. The Kier molecular flexibility index (Phi) is 5.14. The van der Waals surface area contributed by atoms with Gasteiger partial charge in [0, 0.05) is 13.1 Å². The minimum atomic E-state index is -0.899. The number of esters is 1. The molecule has 0 aliphatic carbocycles. The number of aliphatic carboxylic acids is 1. The molecule has 2 N–H and O–H groups in total. The Morgan fingerprint density at radius 3 is 2.42 bits per heavy atom. The number of methoxy groups -OCH3 is 1. The number of hydrogen-bond acceptors (Lipinski definition) is 4. The minimum absolute atomic E-state index is 0.103. The summed E-state index contributed by atoms with van der Waals surface area (Å²) >= 11 is 0. The number of carbonyl (C=O) groups excluding carboxylic acids is 2. The van der Waals surface area contributed by atoms with E-state index < -0.39 is 29.9 Å². The molecule has 1 rings (SSSR count). The standard InChI is InChI=1S/C12H20N2O5/c1-7(2)9(11(17)19-3)13-12(18)14-5-4-8(6-14)10(15)16/h7-9H,4-6H2,1-3H3,(H,13,18)(H,15,16). The maximum absolute atomic E-state index is 12.0. The van der Waals surface area contributed by atoms with Crippen LogP contribution in [0, 0.1) is 11.8 Å². The van der Waals surface area contributed by atoms with E-state index in [1.165, 1.54) is 12.0 Å². The monoisotopic (exact) mass is 272 g/mol. The first-order valence-electron chi connectivity index (χ1n) is 6.22. The van der Waals surface area contributed by atoms with Crippen LogP contribution in [0.2, 0.25) is 0 Å². The minimum Gasteiger partial charge on any atom is -0.481 e. The van der Waals surface area contributed by atoms with Crippen LogP contribution >= 0.6 is 0 Å². The molecule has 108 valence electrons. The number of amides is 2. The molecule has 0 saturated carbocycles. The molecule has 1 fully saturated rings. The summed E-state index contributed by atoms with van der Waals surface area (Å²) in [6.45, 7) is 4.15. The number of nitrogens with zero attached hydrogens (tertiary/aromatic N) is 1. The molecule has 2 amide bonds. The summed E-state index contributed by atoms with van der Waals surface area (Å²) in [5, 5.41) is 11.5. The summed E-state index contributed by atoms with van der Waals surface area (Å²) in [7, 11) is 1.26. The lowest BCUT2D eigenvalue weighted by molar-refractivity contribution is -0.144. The highest BCUT2D eigenvalue weighted by atomic mass is 16.5. The van der Waals surface area contributed by atoms with Crippen molar-refractivity contribution in [2.24, 2.45) is 11.8 Å². The summed E-state index contributed by atoms with van der Waals surface area (Å²) in [5.74, 6) is -2.03. The van der Waals surface area contributed by atoms with Crippen LogP contribution in [0.3, 0.4) is 0 Å². The van der Waals surface area contributed by atoms with Crippen LogP contribution in [0.25, 0.3) is 0 Å². The molecule has 7 nitrogen and oxygen atoms in total. The third-order valence-electron chi connectivity index (χ3n) is 3.23. The summed E-state index contributed by atoms with van der Waals surface area (Å²) in [5.41, 5.74) is 0. The average Bonchev–Trinajstić information content (AvgIpc) is 2.84. The van der Waals surface area contributed by atoms with Crippen molar-refractivity contribution in [3.63, 3.8) is 0 Å². The molecular formula is C12H20N2O5. The van der Waals surface area contributed by atoms with E-state index in [0.29, 0.717) is 13.0 Å². The van der Waals surface area contributed by atoms with Gasteiger partial charge in [0.25, 0.3) is 0 Å². The number of hydrogen-bond donors (Lipinski definition) is 2. The Bertz CT molecular complexity index is 369. The average molecular weight is 272 g/mol. The van der Waals surface area contributed by atoms with Crippen molar-refractivity contribution in [3.8, 4) is 0 Å². The number of ether oxygens (including phenoxy) is 1. The lowest BCUT2D eigenvalue weighted by Crippen LogP contribution is -2.50. The predicted molar refractivity (Wildman–Crippen MR) is 66.5 cm³/mol. The van der Waals surface area contributed by atoms with E-state index >= 15 is 0 Å². The zero-order chi connectivity index (χ0) is 14.6. The van der Waals surface area contributed by atoms with Gasteiger partial charge < -0.3 is 20.1 Å². The van der Waals surface area contributed by atoms with E-state index in [0.717, 1.165) is 0 Å². The first kappa shape index (κ1) is 15.3. The third-order valence-corrected chi connectivity index (χ3v) is 3.23. The molecule has 2 unspecified atom stereocenters. The highest BCUT2D eigenvalue weighted by molar-refractivity contribution is 5.84. The molecule has 1 heterocycles. The van der Waals surface area contributed by atoms with Gasteiger partial charge in [0.15, 0.2) is 0 Å². The van der Waals surface area contributed by atoms with Crippen LogP contribution < -0.4 is 5.32 Å². The van der Waals surface area contributed by atoms with E-state index in [-0.39, 0.29) is 12.5 Å². The topological polar surface area (TPSA) is 95.9 Å². The van der Waals surface area contributed by atoms with E-state index in [9.17, 15) is 14.4 Å². The zero-order valence-corrected chi connectivity index (χ0v) is 11.4. The number of likely N-dealkylation sites (tertiary alicyclic amines) is 1. The van der Waals surface area contributed by atoms with Gasteiger partial charge in [0.05, 0.1) is 13.0 Å². The number of carbonyl (C=O) groups is 3. The normalized spacial score (nSPS) is 20.2. The molecule has 19 heavy (non-hydrogen) atoms. The van der Waals surface area contributed by atoms with E-state index in [1.807, 2.05) is 0 Å². The van der Waals surface area contributed by atoms with Gasteiger partial charge in [-0.2, -0.15) is 0 Å². The van der Waals surface area contributed by atoms with E-state index in [1.54, 1.807) is 13.8 Å². The smallest absolute Gasteiger partial charge is 0.328 e. The molecule has 1 aliphatic rings. The SMILES string of the molecule is COC(=O)C(NC(=O)N1CCC(C(=O)O)C1)C(C)C. The zero-order valence-electron chi connectivity index (χ0n) is 11.4. The van der Waals surface area contributed by atoms with Gasteiger partial charge >= 0.3 is 18.0 Å². The highest BCUT2D eigenvalue weighted by Gasteiger charge is 2.33. The van der Waals surface area contributed by atoms with Crippen molar-refractivity contribution in [1.82, 2.24) is 10.2 Å². The molecule has 0 radical (unpaired) electrons. The predicted octanol–water partition coefficient (Wildman–Crippen LogP) is 0.300. The number of carboxylic acid groups (broad SMARTS) is 1. The summed E-state index contributed by atoms with van der Waals surface area (Å²) in [6.07, 6.45) is 0.438. The molecule has 7 heteroatoms. The number of nitrogens with one attached hydrogen (secondary N) is 1. The maximum atomic E-state index is 12.0. The second-order valence-electron chi connectivity index (χ2n) is 4.96. The van der Waals surface area contributed by atoms with Gasteiger partial charge in [-0.1, -0.05) is 13.8 Å². The van der Waals surface area contributed by atoms with Gasteiger partial charge in [-0.15, -0.1) is 0 Å². The maximum Gasteiger partial charge on any atom is 0.328 e. The molecule has 2 atom stereocenters. The molecule has 0 spiro atoms. The third kappa shape index (κ3) is 3.84. The first-order valence-corrected chi connectivity index (χ1v) is 6.22. The van der Waals surface area contributed by atoms with Gasteiger partial charge in [-0.05, 0) is 12.3 Å². The number of carboxylic acids is 1. The highest BCUT2D eigenvalue weighted by Crippen LogP contribution is 2.16.